The molecule has 1 saturated heterocycles. The molecule has 132 valence electrons. The van der Waals surface area contributed by atoms with Crippen LogP contribution in [0.15, 0.2) is 41.7 Å². The highest BCUT2D eigenvalue weighted by Crippen LogP contribution is 2.35. The molecule has 0 radical (unpaired) electrons. The van der Waals surface area contributed by atoms with Crippen LogP contribution in [-0.4, -0.2) is 44.6 Å². The molecule has 0 atom stereocenters. The Bertz CT molecular complexity index is 763. The van der Waals surface area contributed by atoms with E-state index in [1.165, 1.54) is 18.4 Å². The Balaban J connectivity index is 1.39. The van der Waals surface area contributed by atoms with E-state index in [4.69, 9.17) is 0 Å². The third kappa shape index (κ3) is 3.74. The van der Waals surface area contributed by atoms with Gasteiger partial charge < -0.3 is 9.47 Å². The van der Waals surface area contributed by atoms with Gasteiger partial charge in [-0.05, 0) is 37.3 Å². The molecule has 0 aromatic carbocycles. The number of likely N-dealkylation sites (tertiary alicyclic amines) is 1. The van der Waals surface area contributed by atoms with Gasteiger partial charge in [0.05, 0.1) is 0 Å². The monoisotopic (exact) mass is 339 g/mol. The van der Waals surface area contributed by atoms with Crippen molar-refractivity contribution < 1.29 is 0 Å². The number of hydrogen-bond acceptors (Lipinski definition) is 5. The van der Waals surface area contributed by atoms with Gasteiger partial charge >= 0.3 is 0 Å². The molecular weight excluding hydrogens is 314 g/mol. The van der Waals surface area contributed by atoms with E-state index in [0.29, 0.717) is 12.1 Å². The molecule has 2 aromatic rings. The Hall–Kier alpha value is -2.21. The number of aryl methyl sites for hydroxylation is 1. The second-order valence-electron chi connectivity index (χ2n) is 7.20. The molecule has 6 heteroatoms. The van der Waals surface area contributed by atoms with Gasteiger partial charge in [0, 0.05) is 57.2 Å². The van der Waals surface area contributed by atoms with E-state index in [-0.39, 0.29) is 5.56 Å². The van der Waals surface area contributed by atoms with Crippen LogP contribution in [0.3, 0.4) is 0 Å². The molecule has 0 amide bonds. The van der Waals surface area contributed by atoms with E-state index >= 15 is 0 Å². The number of pyridine rings is 1. The van der Waals surface area contributed by atoms with Gasteiger partial charge in [-0.1, -0.05) is 6.07 Å². The summed E-state index contributed by atoms with van der Waals surface area (Å²) in [6.45, 7) is 3.08. The standard InChI is InChI=1S/C19H25N5O/c1-22-12-15(2-5-19(22)25)13-23-10-7-17(8-11-23)24(16-3-4-16)18-6-9-20-14-21-18/h2,5-6,9,12,14,16-17H,3-4,7-8,10-11,13H2,1H3. The quantitative estimate of drug-likeness (QED) is 0.831. The zero-order valence-electron chi connectivity index (χ0n) is 14.7. The van der Waals surface area contributed by atoms with Crippen LogP contribution >= 0.6 is 0 Å². The summed E-state index contributed by atoms with van der Waals surface area (Å²) in [5.41, 5.74) is 1.25. The van der Waals surface area contributed by atoms with Crippen molar-refractivity contribution in [2.75, 3.05) is 18.0 Å². The van der Waals surface area contributed by atoms with Crippen LogP contribution in [0.1, 0.15) is 31.2 Å². The van der Waals surface area contributed by atoms with E-state index in [1.54, 1.807) is 17.0 Å². The molecule has 0 N–H and O–H groups in total. The third-order valence-electron chi connectivity index (χ3n) is 5.27. The van der Waals surface area contributed by atoms with E-state index < -0.39 is 0 Å². The zero-order valence-corrected chi connectivity index (χ0v) is 14.7. The van der Waals surface area contributed by atoms with Crippen LogP contribution in [0.25, 0.3) is 0 Å². The number of hydrogen-bond donors (Lipinski definition) is 0. The van der Waals surface area contributed by atoms with Gasteiger partial charge in [-0.2, -0.15) is 0 Å². The molecule has 1 aliphatic carbocycles. The second kappa shape index (κ2) is 6.96. The molecular formula is C19H25N5O. The highest BCUT2D eigenvalue weighted by Gasteiger charge is 2.36. The van der Waals surface area contributed by atoms with Gasteiger partial charge in [0.25, 0.3) is 0 Å². The van der Waals surface area contributed by atoms with Gasteiger partial charge in [-0.3, -0.25) is 9.69 Å². The number of rotatable bonds is 5. The maximum atomic E-state index is 11.5. The van der Waals surface area contributed by atoms with E-state index in [9.17, 15) is 4.79 Å². The highest BCUT2D eigenvalue weighted by molar-refractivity contribution is 5.41. The van der Waals surface area contributed by atoms with E-state index in [0.717, 1.165) is 38.3 Å². The fraction of sp³-hybridized carbons (Fsp3) is 0.526. The molecule has 6 nitrogen and oxygen atoms in total. The summed E-state index contributed by atoms with van der Waals surface area (Å²) in [5, 5.41) is 0. The number of piperidine rings is 1. The van der Waals surface area contributed by atoms with Crippen molar-refractivity contribution in [2.45, 2.75) is 44.3 Å². The Kier molecular flexibility index (Phi) is 4.53. The normalized spacial score (nSPS) is 19.1. The molecule has 4 rings (SSSR count). The Morgan fingerprint density at radius 3 is 2.52 bits per heavy atom. The predicted molar refractivity (Wildman–Crippen MR) is 97.5 cm³/mol. The molecule has 2 fully saturated rings. The number of anilines is 1. The van der Waals surface area contributed by atoms with Gasteiger partial charge in [-0.25, -0.2) is 9.97 Å². The lowest BCUT2D eigenvalue weighted by Gasteiger charge is -2.39. The van der Waals surface area contributed by atoms with E-state index in [2.05, 4.69) is 19.8 Å². The van der Waals surface area contributed by atoms with Crippen LogP contribution in [0.5, 0.6) is 0 Å². The molecule has 2 aromatic heterocycles. The van der Waals surface area contributed by atoms with E-state index in [1.807, 2.05) is 31.6 Å². The number of nitrogens with zero attached hydrogens (tertiary/aromatic N) is 5. The lowest BCUT2D eigenvalue weighted by atomic mass is 10.0. The fourth-order valence-electron chi connectivity index (χ4n) is 3.82. The Morgan fingerprint density at radius 2 is 1.88 bits per heavy atom. The first-order valence-corrected chi connectivity index (χ1v) is 9.13. The van der Waals surface area contributed by atoms with Gasteiger partial charge in [-0.15, -0.1) is 0 Å². The first-order chi connectivity index (χ1) is 12.2. The summed E-state index contributed by atoms with van der Waals surface area (Å²) in [5.74, 6) is 1.08. The first-order valence-electron chi connectivity index (χ1n) is 9.13. The van der Waals surface area contributed by atoms with Crippen molar-refractivity contribution in [3.05, 3.63) is 52.8 Å². The first kappa shape index (κ1) is 16.3. The molecule has 25 heavy (non-hydrogen) atoms. The summed E-state index contributed by atoms with van der Waals surface area (Å²) >= 11 is 0. The van der Waals surface area contributed by atoms with Crippen molar-refractivity contribution in [2.24, 2.45) is 7.05 Å². The van der Waals surface area contributed by atoms with Crippen molar-refractivity contribution in [1.82, 2.24) is 19.4 Å². The summed E-state index contributed by atoms with van der Waals surface area (Å²) in [6, 6.07) is 6.88. The smallest absolute Gasteiger partial charge is 0.250 e. The maximum absolute atomic E-state index is 11.5. The Labute approximate surface area is 148 Å². The maximum Gasteiger partial charge on any atom is 0.250 e. The molecule has 1 saturated carbocycles. The van der Waals surface area contributed by atoms with Crippen molar-refractivity contribution in [1.29, 1.82) is 0 Å². The average Bonchev–Trinajstić information content (AvgIpc) is 3.46. The summed E-state index contributed by atoms with van der Waals surface area (Å²) < 4.78 is 1.66. The fourth-order valence-corrected chi connectivity index (χ4v) is 3.82. The van der Waals surface area contributed by atoms with Gasteiger partial charge in [0.15, 0.2) is 0 Å². The molecule has 3 heterocycles. The summed E-state index contributed by atoms with van der Waals surface area (Å²) in [4.78, 5) is 25.1. The average molecular weight is 339 g/mol. The second-order valence-corrected chi connectivity index (χ2v) is 7.20. The lowest BCUT2D eigenvalue weighted by molar-refractivity contribution is 0.200. The molecule has 1 aliphatic heterocycles. The Morgan fingerprint density at radius 1 is 1.12 bits per heavy atom. The summed E-state index contributed by atoms with van der Waals surface area (Å²) in [7, 11) is 1.81. The van der Waals surface area contributed by atoms with Crippen LogP contribution in [0.4, 0.5) is 5.82 Å². The largest absolute Gasteiger partial charge is 0.350 e. The van der Waals surface area contributed by atoms with Crippen LogP contribution in [0.2, 0.25) is 0 Å². The molecule has 0 unspecified atom stereocenters. The minimum absolute atomic E-state index is 0.0485. The van der Waals surface area contributed by atoms with Crippen LogP contribution < -0.4 is 10.5 Å². The van der Waals surface area contributed by atoms with Crippen LogP contribution in [0, 0.1) is 0 Å². The molecule has 2 aliphatic rings. The molecule has 0 bridgehead atoms. The topological polar surface area (TPSA) is 54.3 Å². The van der Waals surface area contributed by atoms with Crippen molar-refractivity contribution in [3.8, 4) is 0 Å². The lowest BCUT2D eigenvalue weighted by Crippen LogP contribution is -2.46. The van der Waals surface area contributed by atoms with Crippen molar-refractivity contribution >= 4 is 5.82 Å². The van der Waals surface area contributed by atoms with Gasteiger partial charge in [0.1, 0.15) is 12.1 Å². The third-order valence-corrected chi connectivity index (χ3v) is 5.27. The predicted octanol–water partition coefficient (Wildman–Crippen LogP) is 1.81. The molecule has 0 spiro atoms. The zero-order chi connectivity index (χ0) is 17.2. The highest BCUT2D eigenvalue weighted by atomic mass is 16.1. The minimum atomic E-state index is 0.0485. The summed E-state index contributed by atoms with van der Waals surface area (Å²) in [6.07, 6.45) is 10.3. The SMILES string of the molecule is Cn1cc(CN2CCC(N(c3ccncn3)C3CC3)CC2)ccc1=O. The van der Waals surface area contributed by atoms with Gasteiger partial charge in [0.2, 0.25) is 5.56 Å². The van der Waals surface area contributed by atoms with Crippen molar-refractivity contribution in [3.63, 3.8) is 0 Å². The number of aromatic nitrogens is 3. The minimum Gasteiger partial charge on any atom is -0.350 e. The van der Waals surface area contributed by atoms with Crippen LogP contribution in [-0.2, 0) is 13.6 Å².